The number of halogens is 1. The number of carbonyl (C=O) groups excluding carboxylic acids is 3. The van der Waals surface area contributed by atoms with E-state index in [0.29, 0.717) is 34.9 Å². The van der Waals surface area contributed by atoms with Crippen LogP contribution >= 0.6 is 15.9 Å². The third-order valence-corrected chi connectivity index (χ3v) is 8.90. The normalized spacial score (nSPS) is 26.5. The molecular formula is C29H21BrN4O5. The highest BCUT2D eigenvalue weighted by atomic mass is 79.9. The van der Waals surface area contributed by atoms with E-state index in [-0.39, 0.29) is 18.6 Å². The number of imide groups is 1. The maximum atomic E-state index is 14.3. The first-order valence-electron chi connectivity index (χ1n) is 12.7. The molecule has 0 unspecified atom stereocenters. The molecule has 10 heteroatoms. The lowest BCUT2D eigenvalue weighted by Crippen LogP contribution is -2.53. The predicted octanol–water partition coefficient (Wildman–Crippen LogP) is 3.83. The molecule has 0 saturated carbocycles. The van der Waals surface area contributed by atoms with Crippen molar-refractivity contribution in [2.45, 2.75) is 18.0 Å². The van der Waals surface area contributed by atoms with Crippen molar-refractivity contribution in [1.82, 2.24) is 10.3 Å². The van der Waals surface area contributed by atoms with Crippen molar-refractivity contribution in [2.24, 2.45) is 11.8 Å². The van der Waals surface area contributed by atoms with Crippen LogP contribution in [0.1, 0.15) is 11.1 Å². The zero-order valence-corrected chi connectivity index (χ0v) is 21.9. The molecule has 3 amide bonds. The van der Waals surface area contributed by atoms with Gasteiger partial charge in [0.1, 0.15) is 5.54 Å². The third kappa shape index (κ3) is 3.01. The van der Waals surface area contributed by atoms with Crippen LogP contribution in [0, 0.1) is 11.8 Å². The Bertz CT molecular complexity index is 1750. The van der Waals surface area contributed by atoms with Crippen molar-refractivity contribution in [2.75, 3.05) is 17.0 Å². The van der Waals surface area contributed by atoms with Gasteiger partial charge in [0.25, 0.3) is 0 Å². The summed E-state index contributed by atoms with van der Waals surface area (Å²) in [6.07, 6.45) is 2.39. The second-order valence-corrected chi connectivity index (χ2v) is 11.2. The maximum Gasteiger partial charge on any atom is 0.250 e. The van der Waals surface area contributed by atoms with E-state index in [4.69, 9.17) is 9.47 Å². The van der Waals surface area contributed by atoms with E-state index in [0.717, 1.165) is 20.9 Å². The first-order chi connectivity index (χ1) is 19.0. The van der Waals surface area contributed by atoms with E-state index in [2.05, 4.69) is 31.5 Å². The number of amides is 3. The van der Waals surface area contributed by atoms with Crippen molar-refractivity contribution in [1.29, 1.82) is 0 Å². The minimum atomic E-state index is -1.39. The topological polar surface area (TPSA) is 113 Å². The Hall–Kier alpha value is -4.15. The van der Waals surface area contributed by atoms with Gasteiger partial charge < -0.3 is 19.8 Å². The lowest BCUT2D eigenvalue weighted by atomic mass is 9.76. The average Bonchev–Trinajstić information content (AvgIpc) is 3.73. The summed E-state index contributed by atoms with van der Waals surface area (Å²) < 4.78 is 11.7. The fourth-order valence-electron chi connectivity index (χ4n) is 6.77. The summed E-state index contributed by atoms with van der Waals surface area (Å²) in [7, 11) is 0. The molecule has 194 valence electrons. The summed E-state index contributed by atoms with van der Waals surface area (Å²) in [4.78, 5) is 46.7. The maximum absolute atomic E-state index is 14.3. The fourth-order valence-corrected chi connectivity index (χ4v) is 7.13. The van der Waals surface area contributed by atoms with Gasteiger partial charge in [0, 0.05) is 44.9 Å². The molecule has 0 aliphatic carbocycles. The number of ether oxygens (including phenoxy) is 2. The summed E-state index contributed by atoms with van der Waals surface area (Å²) in [5, 5.41) is 7.52. The number of benzene rings is 3. The van der Waals surface area contributed by atoms with Gasteiger partial charge >= 0.3 is 0 Å². The molecule has 4 aliphatic rings. The Balaban J connectivity index is 1.28. The highest BCUT2D eigenvalue weighted by molar-refractivity contribution is 9.10. The molecule has 0 radical (unpaired) electrons. The van der Waals surface area contributed by atoms with E-state index in [1.54, 1.807) is 18.2 Å². The van der Waals surface area contributed by atoms with Crippen LogP contribution in [-0.2, 0) is 26.3 Å². The molecule has 0 bridgehead atoms. The number of rotatable bonds is 3. The van der Waals surface area contributed by atoms with Crippen molar-refractivity contribution >= 4 is 55.9 Å². The van der Waals surface area contributed by atoms with E-state index in [1.165, 1.54) is 4.90 Å². The quantitative estimate of drug-likeness (QED) is 0.315. The largest absolute Gasteiger partial charge is 0.454 e. The van der Waals surface area contributed by atoms with Gasteiger partial charge in [-0.25, -0.2) is 4.90 Å². The Morgan fingerprint density at radius 3 is 2.72 bits per heavy atom. The number of anilines is 2. The lowest BCUT2D eigenvalue weighted by molar-refractivity contribution is -0.130. The Morgan fingerprint density at radius 1 is 0.974 bits per heavy atom. The van der Waals surface area contributed by atoms with Crippen LogP contribution in [0.15, 0.2) is 71.3 Å². The summed E-state index contributed by atoms with van der Waals surface area (Å²) in [5.41, 5.74) is 2.29. The smallest absolute Gasteiger partial charge is 0.250 e. The molecule has 3 N–H and O–H groups in total. The minimum absolute atomic E-state index is 0.0808. The highest BCUT2D eigenvalue weighted by Crippen LogP contribution is 2.54. The van der Waals surface area contributed by atoms with Gasteiger partial charge in [0.05, 0.1) is 17.5 Å². The van der Waals surface area contributed by atoms with Crippen LogP contribution in [0.4, 0.5) is 11.4 Å². The molecule has 4 aromatic rings. The van der Waals surface area contributed by atoms with E-state index in [9.17, 15) is 14.4 Å². The summed E-state index contributed by atoms with van der Waals surface area (Å²) >= 11 is 3.52. The lowest BCUT2D eigenvalue weighted by Gasteiger charge is -2.29. The summed E-state index contributed by atoms with van der Waals surface area (Å²) in [6, 6.07) is 18.0. The average molecular weight is 585 g/mol. The van der Waals surface area contributed by atoms with E-state index in [1.807, 2.05) is 48.7 Å². The van der Waals surface area contributed by atoms with Gasteiger partial charge in [0.15, 0.2) is 11.5 Å². The van der Waals surface area contributed by atoms with Gasteiger partial charge in [-0.15, -0.1) is 0 Å². The van der Waals surface area contributed by atoms with Crippen LogP contribution in [0.5, 0.6) is 11.5 Å². The third-order valence-electron chi connectivity index (χ3n) is 8.41. The molecule has 1 spiro atoms. The standard InChI is InChI=1S/C29H21BrN4O5/c30-15-5-7-20-18(10-15)29(28(37)32-20)25-24(21(33-29)9-14-12-31-19-4-2-1-3-17(14)19)26(35)34(27(25)36)16-6-8-22-23(11-16)39-13-38-22/h1-8,10-12,21,24-25,31,33H,9,13H2,(H,32,37)/t21-,24-,25+,29+/m1/s1. The van der Waals surface area contributed by atoms with Crippen molar-refractivity contribution in [3.05, 3.63) is 82.5 Å². The second-order valence-electron chi connectivity index (χ2n) is 10.3. The van der Waals surface area contributed by atoms with E-state index >= 15 is 0 Å². The predicted molar refractivity (Wildman–Crippen MR) is 145 cm³/mol. The van der Waals surface area contributed by atoms with Crippen LogP contribution in [0.2, 0.25) is 0 Å². The van der Waals surface area contributed by atoms with Crippen molar-refractivity contribution in [3.63, 3.8) is 0 Å². The number of hydrogen-bond acceptors (Lipinski definition) is 6. The molecule has 39 heavy (non-hydrogen) atoms. The number of aromatic nitrogens is 1. The van der Waals surface area contributed by atoms with Gasteiger partial charge in [-0.1, -0.05) is 34.1 Å². The molecule has 5 heterocycles. The van der Waals surface area contributed by atoms with Crippen LogP contribution in [0.25, 0.3) is 10.9 Å². The van der Waals surface area contributed by atoms with Gasteiger partial charge in [-0.05, 0) is 48.4 Å². The van der Waals surface area contributed by atoms with Gasteiger partial charge in [0.2, 0.25) is 24.5 Å². The molecule has 4 atom stereocenters. The number of H-pyrrole nitrogens is 1. The van der Waals surface area contributed by atoms with Crippen LogP contribution < -0.4 is 25.0 Å². The SMILES string of the molecule is O=C1[C@H]2[C@@H](C(=O)N1c1ccc3c(c1)OCO3)[C@]1(N[C@@H]2Cc2c[nH]c3ccccc23)C(=O)Nc2ccc(Br)cc21. The van der Waals surface area contributed by atoms with Gasteiger partial charge in [-0.2, -0.15) is 0 Å². The number of fused-ring (bicyclic) bond motifs is 6. The monoisotopic (exact) mass is 584 g/mol. The zero-order chi connectivity index (χ0) is 26.5. The van der Waals surface area contributed by atoms with Crippen LogP contribution in [0.3, 0.4) is 0 Å². The van der Waals surface area contributed by atoms with Crippen molar-refractivity contribution < 1.29 is 23.9 Å². The van der Waals surface area contributed by atoms with Crippen molar-refractivity contribution in [3.8, 4) is 11.5 Å². The van der Waals surface area contributed by atoms with Crippen LogP contribution in [-0.4, -0.2) is 35.5 Å². The zero-order valence-electron chi connectivity index (χ0n) is 20.4. The second kappa shape index (κ2) is 7.93. The molecule has 2 saturated heterocycles. The highest BCUT2D eigenvalue weighted by Gasteiger charge is 2.70. The number of para-hydroxylation sites is 1. The first-order valence-corrected chi connectivity index (χ1v) is 13.5. The molecule has 9 nitrogen and oxygen atoms in total. The van der Waals surface area contributed by atoms with E-state index < -0.39 is 29.3 Å². The molecule has 1 aromatic heterocycles. The summed E-state index contributed by atoms with van der Waals surface area (Å²) in [6.45, 7) is 0.0808. The Morgan fingerprint density at radius 2 is 1.82 bits per heavy atom. The summed E-state index contributed by atoms with van der Waals surface area (Å²) in [5.74, 6) is -1.74. The number of nitrogens with one attached hydrogen (secondary N) is 3. The molecule has 2 fully saturated rings. The first kappa shape index (κ1) is 22.8. The Kier molecular flexibility index (Phi) is 4.64. The molecule has 4 aliphatic heterocycles. The minimum Gasteiger partial charge on any atom is -0.454 e. The Labute approximate surface area is 230 Å². The molecule has 8 rings (SSSR count). The number of hydrogen-bond donors (Lipinski definition) is 3. The molecular weight excluding hydrogens is 564 g/mol. The number of nitrogens with zero attached hydrogens (tertiary/aromatic N) is 1. The number of aromatic amines is 1. The van der Waals surface area contributed by atoms with Gasteiger partial charge in [-0.3, -0.25) is 19.7 Å². The fraction of sp³-hybridized carbons (Fsp3) is 0.207. The molecule has 3 aromatic carbocycles. The number of carbonyl (C=O) groups is 3.